The molecule has 6 aliphatic carbocycles. The molecule has 0 bridgehead atoms. The Labute approximate surface area is 320 Å². The average Bonchev–Trinajstić information content (AvgIpc) is 3.46. The molecule has 300 valence electrons. The zero-order valence-electron chi connectivity index (χ0n) is 34.1. The predicted molar refractivity (Wildman–Crippen MR) is 209 cm³/mol. The minimum absolute atomic E-state index is 0.0487. The van der Waals surface area contributed by atoms with Gasteiger partial charge in [0.1, 0.15) is 6.10 Å². The number of fused-ring (bicyclic) bond motifs is 7. The smallest absolute Gasteiger partial charge is 0.310 e. The average molecular weight is 758 g/mol. The number of ether oxygens (including phenoxy) is 1. The van der Waals surface area contributed by atoms with Crippen LogP contribution in [0.15, 0.2) is 12.2 Å². The lowest BCUT2D eigenvalue weighted by atomic mass is 9.32. The van der Waals surface area contributed by atoms with Crippen molar-refractivity contribution in [3.63, 3.8) is 0 Å². The lowest BCUT2D eigenvalue weighted by Crippen LogP contribution is -2.69. The van der Waals surface area contributed by atoms with Gasteiger partial charge in [0, 0.05) is 43.2 Å². The van der Waals surface area contributed by atoms with Gasteiger partial charge in [-0.25, -0.2) is 8.42 Å². The van der Waals surface area contributed by atoms with Gasteiger partial charge in [-0.2, -0.15) is 0 Å². The van der Waals surface area contributed by atoms with Crippen molar-refractivity contribution in [2.75, 3.05) is 37.7 Å². The van der Waals surface area contributed by atoms with E-state index in [0.717, 1.165) is 38.6 Å². The second kappa shape index (κ2) is 13.0. The molecule has 7 aliphatic rings. The van der Waals surface area contributed by atoms with Crippen molar-refractivity contribution in [3.8, 4) is 0 Å². The number of allylic oxidation sites excluding steroid dienone is 1. The molecular weight excluding hydrogens is 687 g/mol. The summed E-state index contributed by atoms with van der Waals surface area (Å²) in [4.78, 5) is 27.7. The van der Waals surface area contributed by atoms with E-state index in [9.17, 15) is 23.1 Å². The maximum Gasteiger partial charge on any atom is 0.310 e. The van der Waals surface area contributed by atoms with Gasteiger partial charge in [-0.15, -0.1) is 0 Å². The third-order valence-corrected chi connectivity index (χ3v) is 20.1. The molecule has 1 saturated heterocycles. The van der Waals surface area contributed by atoms with Crippen LogP contribution < -0.4 is 11.1 Å². The van der Waals surface area contributed by atoms with Crippen LogP contribution in [0.4, 0.5) is 0 Å². The first-order valence-electron chi connectivity index (χ1n) is 21.1. The number of carboxylic acid groups (broad SMARTS) is 1. The molecule has 1 aliphatic heterocycles. The van der Waals surface area contributed by atoms with Crippen molar-refractivity contribution in [2.45, 2.75) is 137 Å². The van der Waals surface area contributed by atoms with E-state index < -0.39 is 33.1 Å². The number of sulfone groups is 1. The summed E-state index contributed by atoms with van der Waals surface area (Å²) in [6, 6.07) is 0.133. The van der Waals surface area contributed by atoms with Crippen molar-refractivity contribution in [2.24, 2.45) is 74.2 Å². The fraction of sp³-hybridized carbons (Fsp3) is 0.907. The number of aliphatic carboxylic acids is 1. The lowest BCUT2D eigenvalue weighted by molar-refractivity contribution is -0.246. The van der Waals surface area contributed by atoms with E-state index in [4.69, 9.17) is 10.5 Å². The molecule has 13 atom stereocenters. The van der Waals surface area contributed by atoms with Crippen LogP contribution in [0.25, 0.3) is 0 Å². The molecule has 7 fully saturated rings. The number of esters is 1. The summed E-state index contributed by atoms with van der Waals surface area (Å²) in [7, 11) is -2.95. The third kappa shape index (κ3) is 5.94. The number of hydrogen-bond acceptors (Lipinski definition) is 8. The van der Waals surface area contributed by atoms with Gasteiger partial charge in [0.25, 0.3) is 0 Å². The molecule has 9 nitrogen and oxygen atoms in total. The first kappa shape index (κ1) is 39.7. The van der Waals surface area contributed by atoms with Crippen LogP contribution in [-0.4, -0.2) is 85.7 Å². The summed E-state index contributed by atoms with van der Waals surface area (Å²) in [6.45, 7) is 25.6. The number of nitrogens with two attached hydrogens (primary N) is 1. The third-order valence-electron chi connectivity index (χ3n) is 18.5. The van der Waals surface area contributed by atoms with Gasteiger partial charge < -0.3 is 20.9 Å². The number of nitrogens with one attached hydrogen (secondary N) is 1. The Morgan fingerprint density at radius 1 is 0.868 bits per heavy atom. The zero-order chi connectivity index (χ0) is 38.7. The fourth-order valence-electron chi connectivity index (χ4n) is 15.2. The Balaban J connectivity index is 1.11. The molecule has 0 spiro atoms. The molecule has 53 heavy (non-hydrogen) atoms. The molecule has 0 aromatic carbocycles. The topological polar surface area (TPSA) is 139 Å². The first-order valence-corrected chi connectivity index (χ1v) is 22.9. The molecule has 6 saturated carbocycles. The van der Waals surface area contributed by atoms with Crippen LogP contribution in [0, 0.1) is 68.5 Å². The van der Waals surface area contributed by atoms with Gasteiger partial charge in [0.15, 0.2) is 9.84 Å². The van der Waals surface area contributed by atoms with Crippen LogP contribution in [0.2, 0.25) is 0 Å². The molecule has 0 unspecified atom stereocenters. The Hall–Kier alpha value is -1.49. The van der Waals surface area contributed by atoms with Crippen LogP contribution in [0.5, 0.6) is 0 Å². The van der Waals surface area contributed by atoms with Gasteiger partial charge >= 0.3 is 11.9 Å². The summed E-state index contributed by atoms with van der Waals surface area (Å²) in [5.74, 6) is 0.645. The number of carbonyl (C=O) groups is 2. The number of hydrogen-bond donors (Lipinski definition) is 3. The van der Waals surface area contributed by atoms with Crippen LogP contribution in [0.3, 0.4) is 0 Å². The molecule has 0 radical (unpaired) electrons. The van der Waals surface area contributed by atoms with Gasteiger partial charge in [0.05, 0.1) is 23.3 Å². The van der Waals surface area contributed by atoms with E-state index in [-0.39, 0.29) is 56.8 Å². The maximum atomic E-state index is 13.5. The molecule has 0 amide bonds. The molecule has 10 heteroatoms. The highest BCUT2D eigenvalue weighted by Crippen LogP contribution is 2.76. The highest BCUT2D eigenvalue weighted by atomic mass is 32.2. The van der Waals surface area contributed by atoms with E-state index in [2.05, 4.69) is 58.3 Å². The van der Waals surface area contributed by atoms with Crippen LogP contribution >= 0.6 is 0 Å². The first-order chi connectivity index (χ1) is 24.6. The van der Waals surface area contributed by atoms with Gasteiger partial charge in [0.2, 0.25) is 0 Å². The standard InChI is InChI=1S/C43H71N3O6S/c1-26(2)28-12-17-43(45-25-27(24-44)46-20-22-53(50,51)23-21-46)19-18-41(8)29(33(28)43)10-11-31-40(7)15-14-32(38(3,4)30(40)13-16-42(31,41)9)52-37(49)35-34(36(47)48)39(35,5)6/h27-35,45H,1,10-25,44H2,2-9H3,(H,47,48)/t27-,28-,29+,30-,31+,32-,33+,34-,35+,40-,41+,42+,43-/m0/s1. The summed E-state index contributed by atoms with van der Waals surface area (Å²) < 4.78 is 30.7. The highest BCUT2D eigenvalue weighted by Gasteiger charge is 2.72. The van der Waals surface area contributed by atoms with Gasteiger partial charge in [-0.3, -0.25) is 14.5 Å². The van der Waals surface area contributed by atoms with Crippen molar-refractivity contribution < 1.29 is 27.9 Å². The molecule has 0 aromatic heterocycles. The van der Waals surface area contributed by atoms with Crippen molar-refractivity contribution >= 4 is 21.8 Å². The van der Waals surface area contributed by atoms with Gasteiger partial charge in [-0.1, -0.05) is 60.6 Å². The predicted octanol–water partition coefficient (Wildman–Crippen LogP) is 6.31. The highest BCUT2D eigenvalue weighted by molar-refractivity contribution is 7.91. The Morgan fingerprint density at radius 2 is 1.55 bits per heavy atom. The Kier molecular flexibility index (Phi) is 9.76. The largest absolute Gasteiger partial charge is 0.481 e. The summed E-state index contributed by atoms with van der Waals surface area (Å²) in [5.41, 5.74) is 7.53. The fourth-order valence-corrected chi connectivity index (χ4v) is 16.4. The Morgan fingerprint density at radius 3 is 2.15 bits per heavy atom. The minimum atomic E-state index is -2.95. The van der Waals surface area contributed by atoms with E-state index >= 15 is 0 Å². The monoisotopic (exact) mass is 758 g/mol. The van der Waals surface area contributed by atoms with E-state index in [1.807, 2.05) is 13.8 Å². The maximum absolute atomic E-state index is 13.5. The summed E-state index contributed by atoms with van der Waals surface area (Å²) >= 11 is 0. The zero-order valence-corrected chi connectivity index (χ0v) is 35.0. The SMILES string of the molecule is C=C(C)[C@@H]1CC[C@]2(NC[C@H](CN)N3CCS(=O)(=O)CC3)CC[C@]3(C)[C@H](CC[C@@H]4[C@@]5(C)CC[C@H](OC(=O)[C@H]6[C@@H](C(=O)O)C6(C)C)C(C)(C)[C@@H]5CC[C@]43C)[C@@H]12. The quantitative estimate of drug-likeness (QED) is 0.182. The minimum Gasteiger partial charge on any atom is -0.481 e. The lowest BCUT2D eigenvalue weighted by Gasteiger charge is -2.73. The van der Waals surface area contributed by atoms with Crippen molar-refractivity contribution in [1.82, 2.24) is 10.2 Å². The number of carbonyl (C=O) groups excluding carboxylic acids is 1. The molecular formula is C43H71N3O6S. The molecule has 7 rings (SSSR count). The molecule has 0 aromatic rings. The van der Waals surface area contributed by atoms with Crippen molar-refractivity contribution in [3.05, 3.63) is 12.2 Å². The summed E-state index contributed by atoms with van der Waals surface area (Å²) in [6.07, 6.45) is 11.1. The molecule has 4 N–H and O–H groups in total. The summed E-state index contributed by atoms with van der Waals surface area (Å²) in [5, 5.41) is 13.9. The normalized spacial score (nSPS) is 47.2. The van der Waals surface area contributed by atoms with E-state index in [0.29, 0.717) is 49.2 Å². The number of nitrogens with zero attached hydrogens (tertiary/aromatic N) is 1. The van der Waals surface area contributed by atoms with E-state index in [1.165, 1.54) is 37.7 Å². The molecule has 1 heterocycles. The van der Waals surface area contributed by atoms with E-state index in [1.54, 1.807) is 0 Å². The Bertz CT molecular complexity index is 1600. The second-order valence-corrected chi connectivity index (χ2v) is 23.5. The van der Waals surface area contributed by atoms with Crippen LogP contribution in [0.1, 0.15) is 120 Å². The number of rotatable bonds is 9. The van der Waals surface area contributed by atoms with Crippen LogP contribution in [-0.2, 0) is 24.2 Å². The second-order valence-electron chi connectivity index (χ2n) is 21.2. The number of carboxylic acids is 1. The van der Waals surface area contributed by atoms with Gasteiger partial charge in [-0.05, 0) is 122 Å². The van der Waals surface area contributed by atoms with Crippen molar-refractivity contribution in [1.29, 1.82) is 0 Å².